The SMILES string of the molecule is CCCc1cccc(C2(O)CCC3(CC2)OCCO3)c1. The first-order valence-electron chi connectivity index (χ1n) is 7.76. The van der Waals surface area contributed by atoms with Crippen LogP contribution >= 0.6 is 0 Å². The van der Waals surface area contributed by atoms with Gasteiger partial charge in [0.25, 0.3) is 0 Å². The molecule has 2 aliphatic rings. The van der Waals surface area contributed by atoms with Gasteiger partial charge in [0.05, 0.1) is 18.8 Å². The van der Waals surface area contributed by atoms with Crippen LogP contribution in [-0.4, -0.2) is 24.1 Å². The normalized spacial score (nSPS) is 24.1. The van der Waals surface area contributed by atoms with Gasteiger partial charge in [-0.1, -0.05) is 37.6 Å². The van der Waals surface area contributed by atoms with E-state index < -0.39 is 11.4 Å². The van der Waals surface area contributed by atoms with Crippen LogP contribution in [-0.2, 0) is 21.5 Å². The molecule has 1 spiro atoms. The van der Waals surface area contributed by atoms with Crippen LogP contribution < -0.4 is 0 Å². The molecule has 1 aromatic rings. The molecule has 1 aliphatic carbocycles. The van der Waals surface area contributed by atoms with Crippen molar-refractivity contribution in [3.63, 3.8) is 0 Å². The lowest BCUT2D eigenvalue weighted by Gasteiger charge is -2.41. The molecule has 0 radical (unpaired) electrons. The van der Waals surface area contributed by atoms with Gasteiger partial charge in [-0.2, -0.15) is 0 Å². The quantitative estimate of drug-likeness (QED) is 0.921. The number of rotatable bonds is 3. The lowest BCUT2D eigenvalue weighted by molar-refractivity contribution is -0.204. The maximum absolute atomic E-state index is 11.0. The standard InChI is InChI=1S/C17H24O3/c1-2-4-14-5-3-6-15(13-14)16(18)7-9-17(10-8-16)19-11-12-20-17/h3,5-6,13,18H,2,4,7-12H2,1H3. The van der Waals surface area contributed by atoms with Gasteiger partial charge in [-0.25, -0.2) is 0 Å². The highest BCUT2D eigenvalue weighted by Crippen LogP contribution is 2.44. The zero-order chi connectivity index (χ0) is 14.1. The van der Waals surface area contributed by atoms with Gasteiger partial charge >= 0.3 is 0 Å². The van der Waals surface area contributed by atoms with E-state index in [1.165, 1.54) is 5.56 Å². The largest absolute Gasteiger partial charge is 0.385 e. The predicted octanol–water partition coefficient (Wildman–Crippen LogP) is 3.14. The fraction of sp³-hybridized carbons (Fsp3) is 0.647. The summed E-state index contributed by atoms with van der Waals surface area (Å²) in [6.45, 7) is 3.55. The van der Waals surface area contributed by atoms with E-state index in [4.69, 9.17) is 9.47 Å². The van der Waals surface area contributed by atoms with Crippen molar-refractivity contribution < 1.29 is 14.6 Å². The molecule has 0 amide bonds. The second kappa shape index (κ2) is 5.47. The molecule has 1 aromatic carbocycles. The Morgan fingerprint density at radius 2 is 1.80 bits per heavy atom. The highest BCUT2D eigenvalue weighted by Gasteiger charge is 2.46. The van der Waals surface area contributed by atoms with Crippen LogP contribution in [0.25, 0.3) is 0 Å². The zero-order valence-corrected chi connectivity index (χ0v) is 12.2. The smallest absolute Gasteiger partial charge is 0.168 e. The summed E-state index contributed by atoms with van der Waals surface area (Å²) in [4.78, 5) is 0. The van der Waals surface area contributed by atoms with Crippen molar-refractivity contribution in [3.8, 4) is 0 Å². The Kier molecular flexibility index (Phi) is 3.85. The number of benzene rings is 1. The Balaban J connectivity index is 1.74. The van der Waals surface area contributed by atoms with E-state index in [-0.39, 0.29) is 0 Å². The molecule has 1 saturated heterocycles. The van der Waals surface area contributed by atoms with Crippen molar-refractivity contribution in [2.75, 3.05) is 13.2 Å². The summed E-state index contributed by atoms with van der Waals surface area (Å²) in [5.74, 6) is -0.409. The van der Waals surface area contributed by atoms with Gasteiger partial charge < -0.3 is 14.6 Å². The average Bonchev–Trinajstić information content (AvgIpc) is 2.92. The maximum atomic E-state index is 11.0. The fourth-order valence-corrected chi connectivity index (χ4v) is 3.42. The molecule has 1 aliphatic heterocycles. The number of aliphatic hydroxyl groups is 1. The van der Waals surface area contributed by atoms with Crippen LogP contribution in [0.4, 0.5) is 0 Å². The molecular formula is C17H24O3. The summed E-state index contributed by atoms with van der Waals surface area (Å²) in [5.41, 5.74) is 1.65. The molecule has 3 heteroatoms. The van der Waals surface area contributed by atoms with Gasteiger partial charge in [-0.3, -0.25) is 0 Å². The Labute approximate surface area is 120 Å². The molecule has 0 bridgehead atoms. The van der Waals surface area contributed by atoms with E-state index in [1.807, 2.05) is 6.07 Å². The number of hydrogen-bond acceptors (Lipinski definition) is 3. The molecule has 1 saturated carbocycles. The van der Waals surface area contributed by atoms with Gasteiger partial charge in [0, 0.05) is 12.8 Å². The van der Waals surface area contributed by atoms with Crippen LogP contribution in [0.3, 0.4) is 0 Å². The summed E-state index contributed by atoms with van der Waals surface area (Å²) >= 11 is 0. The fourth-order valence-electron chi connectivity index (χ4n) is 3.42. The molecule has 20 heavy (non-hydrogen) atoms. The van der Waals surface area contributed by atoms with Crippen molar-refractivity contribution in [1.82, 2.24) is 0 Å². The molecule has 1 heterocycles. The van der Waals surface area contributed by atoms with E-state index in [9.17, 15) is 5.11 Å². The van der Waals surface area contributed by atoms with Gasteiger partial charge in [0.1, 0.15) is 0 Å². The maximum Gasteiger partial charge on any atom is 0.168 e. The third kappa shape index (κ3) is 2.62. The van der Waals surface area contributed by atoms with Crippen molar-refractivity contribution in [2.45, 2.75) is 56.8 Å². The highest BCUT2D eigenvalue weighted by molar-refractivity contribution is 5.29. The van der Waals surface area contributed by atoms with E-state index in [1.54, 1.807) is 0 Å². The third-order valence-electron chi connectivity index (χ3n) is 4.66. The molecule has 0 aromatic heterocycles. The Morgan fingerprint density at radius 1 is 1.10 bits per heavy atom. The molecule has 0 atom stereocenters. The van der Waals surface area contributed by atoms with E-state index in [0.717, 1.165) is 31.2 Å². The second-order valence-electron chi connectivity index (χ2n) is 6.09. The molecule has 3 rings (SSSR count). The van der Waals surface area contributed by atoms with Crippen LogP contribution in [0.1, 0.15) is 50.2 Å². The monoisotopic (exact) mass is 276 g/mol. The zero-order valence-electron chi connectivity index (χ0n) is 12.2. The number of aryl methyl sites for hydroxylation is 1. The molecule has 110 valence electrons. The van der Waals surface area contributed by atoms with E-state index >= 15 is 0 Å². The van der Waals surface area contributed by atoms with Gasteiger partial charge in [-0.15, -0.1) is 0 Å². The number of hydrogen-bond donors (Lipinski definition) is 1. The Hall–Kier alpha value is -0.900. The lowest BCUT2D eigenvalue weighted by atomic mass is 9.76. The van der Waals surface area contributed by atoms with Crippen molar-refractivity contribution >= 4 is 0 Å². The third-order valence-corrected chi connectivity index (χ3v) is 4.66. The highest BCUT2D eigenvalue weighted by atomic mass is 16.7. The van der Waals surface area contributed by atoms with E-state index in [2.05, 4.69) is 25.1 Å². The predicted molar refractivity (Wildman–Crippen MR) is 77.4 cm³/mol. The second-order valence-corrected chi connectivity index (χ2v) is 6.09. The minimum atomic E-state index is -0.718. The Bertz CT molecular complexity index is 453. The van der Waals surface area contributed by atoms with Crippen LogP contribution in [0.15, 0.2) is 24.3 Å². The topological polar surface area (TPSA) is 38.7 Å². The first-order chi connectivity index (χ1) is 9.66. The van der Waals surface area contributed by atoms with E-state index in [0.29, 0.717) is 26.1 Å². The number of ether oxygens (including phenoxy) is 2. The van der Waals surface area contributed by atoms with Gasteiger partial charge in [0.15, 0.2) is 5.79 Å². The van der Waals surface area contributed by atoms with Gasteiger partial charge in [0.2, 0.25) is 0 Å². The van der Waals surface area contributed by atoms with Crippen LogP contribution in [0.5, 0.6) is 0 Å². The first-order valence-corrected chi connectivity index (χ1v) is 7.76. The van der Waals surface area contributed by atoms with Gasteiger partial charge in [-0.05, 0) is 30.4 Å². The van der Waals surface area contributed by atoms with Crippen molar-refractivity contribution in [1.29, 1.82) is 0 Å². The van der Waals surface area contributed by atoms with Crippen molar-refractivity contribution in [2.24, 2.45) is 0 Å². The van der Waals surface area contributed by atoms with Crippen molar-refractivity contribution in [3.05, 3.63) is 35.4 Å². The minimum Gasteiger partial charge on any atom is -0.385 e. The molecule has 2 fully saturated rings. The first kappa shape index (κ1) is 14.1. The molecule has 1 N–H and O–H groups in total. The Morgan fingerprint density at radius 3 is 2.45 bits per heavy atom. The molecular weight excluding hydrogens is 252 g/mol. The lowest BCUT2D eigenvalue weighted by Crippen LogP contribution is -2.42. The summed E-state index contributed by atoms with van der Waals surface area (Å²) in [7, 11) is 0. The minimum absolute atomic E-state index is 0.409. The summed E-state index contributed by atoms with van der Waals surface area (Å²) in [5, 5.41) is 11.0. The summed E-state index contributed by atoms with van der Waals surface area (Å²) in [6, 6.07) is 8.42. The van der Waals surface area contributed by atoms with Crippen LogP contribution in [0.2, 0.25) is 0 Å². The summed E-state index contributed by atoms with van der Waals surface area (Å²) in [6.07, 6.45) is 5.18. The molecule has 3 nitrogen and oxygen atoms in total. The molecule has 0 unspecified atom stereocenters. The van der Waals surface area contributed by atoms with Crippen LogP contribution in [0, 0.1) is 0 Å². The summed E-state index contributed by atoms with van der Waals surface area (Å²) < 4.78 is 11.5. The average molecular weight is 276 g/mol.